The number of rotatable bonds is 9. The Bertz CT molecular complexity index is 848. The van der Waals surface area contributed by atoms with E-state index in [0.29, 0.717) is 11.1 Å². The van der Waals surface area contributed by atoms with Crippen molar-refractivity contribution >= 4 is 23.9 Å². The Morgan fingerprint density at radius 3 is 0.946 bits per heavy atom. The minimum atomic E-state index is -0.570. The van der Waals surface area contributed by atoms with Gasteiger partial charge in [-0.15, -0.1) is 0 Å². The maximum absolute atomic E-state index is 11.4. The standard InChI is InChI=1S/C12H14O6.C10H10O4.C2H6O2.CH4/c13-5-7-17-11(15)9-1-2-10(4-3-9)12(16)18-8-6-14;1-13-9(11)7-3-5-8(6-4-7)10(12)14-2;3-1-2-4;/h1-4,13-14H,5-8H2;3-6H,1-2H3;3-4H,1-2H2;1H4. The summed E-state index contributed by atoms with van der Waals surface area (Å²) >= 11 is 0. The molecule has 0 heterocycles. The van der Waals surface area contributed by atoms with Gasteiger partial charge >= 0.3 is 23.9 Å². The van der Waals surface area contributed by atoms with Crippen LogP contribution in [0.3, 0.4) is 0 Å². The highest BCUT2D eigenvalue weighted by atomic mass is 16.5. The van der Waals surface area contributed by atoms with Gasteiger partial charge in [-0.3, -0.25) is 0 Å². The fourth-order valence-electron chi connectivity index (χ4n) is 2.16. The van der Waals surface area contributed by atoms with Crippen molar-refractivity contribution < 1.29 is 58.6 Å². The van der Waals surface area contributed by atoms with E-state index in [1.54, 1.807) is 0 Å². The van der Waals surface area contributed by atoms with Crippen LogP contribution in [0.1, 0.15) is 48.9 Å². The lowest BCUT2D eigenvalue weighted by molar-refractivity contribution is 0.0422. The molecule has 12 heteroatoms. The van der Waals surface area contributed by atoms with Gasteiger partial charge in [0.2, 0.25) is 0 Å². The van der Waals surface area contributed by atoms with Gasteiger partial charge in [0.1, 0.15) is 13.2 Å². The van der Waals surface area contributed by atoms with Crippen LogP contribution in [0.15, 0.2) is 48.5 Å². The molecule has 0 aliphatic heterocycles. The lowest BCUT2D eigenvalue weighted by atomic mass is 10.1. The fraction of sp³-hybridized carbons (Fsp3) is 0.360. The predicted octanol–water partition coefficient (Wildman–Crippen LogP) is 0.852. The van der Waals surface area contributed by atoms with E-state index in [1.165, 1.54) is 62.8 Å². The van der Waals surface area contributed by atoms with Crippen molar-refractivity contribution in [2.45, 2.75) is 7.43 Å². The number of carbonyl (C=O) groups excluding carboxylic acids is 4. The van der Waals surface area contributed by atoms with Crippen LogP contribution in [0.25, 0.3) is 0 Å². The van der Waals surface area contributed by atoms with E-state index in [2.05, 4.69) is 9.47 Å². The average Bonchev–Trinajstić information content (AvgIpc) is 2.94. The van der Waals surface area contributed by atoms with Crippen LogP contribution in [0.4, 0.5) is 0 Å². The third-order valence-corrected chi connectivity index (χ3v) is 3.83. The van der Waals surface area contributed by atoms with Crippen molar-refractivity contribution in [2.75, 3.05) is 53.9 Å². The second-order valence-electron chi connectivity index (χ2n) is 6.30. The minimum Gasteiger partial charge on any atom is -0.465 e. The van der Waals surface area contributed by atoms with Gasteiger partial charge in [0.15, 0.2) is 0 Å². The Hall–Kier alpha value is -3.84. The molecule has 2 aromatic carbocycles. The quantitative estimate of drug-likeness (QED) is 0.267. The molecule has 0 fully saturated rings. The zero-order chi connectivity index (χ0) is 27.3. The van der Waals surface area contributed by atoms with Gasteiger partial charge in [0, 0.05) is 0 Å². The van der Waals surface area contributed by atoms with Crippen LogP contribution in [0.5, 0.6) is 0 Å². The smallest absolute Gasteiger partial charge is 0.338 e. The van der Waals surface area contributed by atoms with Crippen molar-refractivity contribution in [3.63, 3.8) is 0 Å². The molecule has 0 unspecified atom stereocenters. The first-order chi connectivity index (χ1) is 17.3. The average molecular weight is 527 g/mol. The van der Waals surface area contributed by atoms with Crippen LogP contribution in [-0.2, 0) is 18.9 Å². The second kappa shape index (κ2) is 21.4. The topological polar surface area (TPSA) is 186 Å². The number of benzene rings is 2. The monoisotopic (exact) mass is 526 g/mol. The summed E-state index contributed by atoms with van der Waals surface area (Å²) in [6.45, 7) is -0.868. The third-order valence-electron chi connectivity index (χ3n) is 3.83. The van der Waals surface area contributed by atoms with Gasteiger partial charge in [-0.05, 0) is 48.5 Å². The summed E-state index contributed by atoms with van der Waals surface area (Å²) in [5.74, 6) is -2.00. The van der Waals surface area contributed by atoms with E-state index in [1.807, 2.05) is 0 Å². The van der Waals surface area contributed by atoms with Crippen molar-refractivity contribution in [1.29, 1.82) is 0 Å². The largest absolute Gasteiger partial charge is 0.465 e. The Balaban J connectivity index is 0. The Morgan fingerprint density at radius 1 is 0.514 bits per heavy atom. The maximum atomic E-state index is 11.4. The van der Waals surface area contributed by atoms with Crippen molar-refractivity contribution in [1.82, 2.24) is 0 Å². The third kappa shape index (κ3) is 14.3. The van der Waals surface area contributed by atoms with Crippen molar-refractivity contribution in [3.8, 4) is 0 Å². The normalized spacial score (nSPS) is 9.14. The molecular weight excluding hydrogens is 492 g/mol. The number of hydrogen-bond acceptors (Lipinski definition) is 12. The number of carbonyl (C=O) groups is 4. The number of esters is 4. The molecule has 37 heavy (non-hydrogen) atoms. The molecule has 0 radical (unpaired) electrons. The van der Waals surface area contributed by atoms with Crippen LogP contribution in [0.2, 0.25) is 0 Å². The highest BCUT2D eigenvalue weighted by molar-refractivity contribution is 5.94. The molecule has 4 N–H and O–H groups in total. The minimum absolute atomic E-state index is 0. The van der Waals surface area contributed by atoms with E-state index < -0.39 is 23.9 Å². The Labute approximate surface area is 215 Å². The molecule has 0 aromatic heterocycles. The molecule has 206 valence electrons. The van der Waals surface area contributed by atoms with Gasteiger partial charge < -0.3 is 39.4 Å². The first-order valence-corrected chi connectivity index (χ1v) is 10.4. The Kier molecular flexibility index (Phi) is 20.5. The van der Waals surface area contributed by atoms with Gasteiger partial charge in [-0.2, -0.15) is 0 Å². The highest BCUT2D eigenvalue weighted by Crippen LogP contribution is 2.08. The van der Waals surface area contributed by atoms with E-state index in [9.17, 15) is 19.2 Å². The van der Waals surface area contributed by atoms with Crippen molar-refractivity contribution in [2.24, 2.45) is 0 Å². The summed E-state index contributed by atoms with van der Waals surface area (Å²) in [7, 11) is 2.60. The summed E-state index contributed by atoms with van der Waals surface area (Å²) < 4.78 is 18.4. The van der Waals surface area contributed by atoms with Gasteiger partial charge in [-0.25, -0.2) is 19.2 Å². The number of methoxy groups -OCH3 is 2. The lowest BCUT2D eigenvalue weighted by Gasteiger charge is -2.05. The van der Waals surface area contributed by atoms with E-state index in [0.717, 1.165) is 0 Å². The Morgan fingerprint density at radius 2 is 0.757 bits per heavy atom. The molecule has 0 atom stereocenters. The molecule has 0 amide bonds. The molecular formula is C25H34O12. The van der Waals surface area contributed by atoms with Crippen LogP contribution in [-0.4, -0.2) is 98.2 Å². The molecule has 2 aromatic rings. The van der Waals surface area contributed by atoms with Gasteiger partial charge in [-0.1, -0.05) is 7.43 Å². The summed E-state index contributed by atoms with van der Waals surface area (Å²) in [6, 6.07) is 11.8. The molecule has 0 aliphatic rings. The van der Waals surface area contributed by atoms with Gasteiger partial charge in [0.25, 0.3) is 0 Å². The van der Waals surface area contributed by atoms with Crippen LogP contribution < -0.4 is 0 Å². The predicted molar refractivity (Wildman–Crippen MR) is 131 cm³/mol. The fourth-order valence-corrected chi connectivity index (χ4v) is 2.16. The van der Waals surface area contributed by atoms with Crippen LogP contribution in [0, 0.1) is 0 Å². The molecule has 0 bridgehead atoms. The molecule has 12 nitrogen and oxygen atoms in total. The van der Waals surface area contributed by atoms with Gasteiger partial charge in [0.05, 0.1) is 62.9 Å². The molecule has 2 rings (SSSR count). The zero-order valence-electron chi connectivity index (χ0n) is 19.9. The van der Waals surface area contributed by atoms with Crippen molar-refractivity contribution in [3.05, 3.63) is 70.8 Å². The van der Waals surface area contributed by atoms with E-state index in [-0.39, 0.29) is 58.2 Å². The summed E-state index contributed by atoms with van der Waals surface area (Å²) in [6.07, 6.45) is 0. The number of hydrogen-bond donors (Lipinski definition) is 4. The molecule has 0 saturated carbocycles. The molecule has 0 saturated heterocycles. The molecule has 0 aliphatic carbocycles. The maximum Gasteiger partial charge on any atom is 0.338 e. The number of aliphatic hydroxyl groups excluding tert-OH is 4. The summed E-state index contributed by atoms with van der Waals surface area (Å²) in [4.78, 5) is 44.8. The number of aliphatic hydroxyl groups is 4. The lowest BCUT2D eigenvalue weighted by Crippen LogP contribution is -2.11. The van der Waals surface area contributed by atoms with E-state index in [4.69, 9.17) is 29.9 Å². The first-order valence-electron chi connectivity index (χ1n) is 10.4. The van der Waals surface area contributed by atoms with E-state index >= 15 is 0 Å². The molecule has 0 spiro atoms. The number of ether oxygens (including phenoxy) is 4. The highest BCUT2D eigenvalue weighted by Gasteiger charge is 2.10. The first kappa shape index (κ1) is 35.3. The van der Waals surface area contributed by atoms with Crippen LogP contribution >= 0.6 is 0 Å². The summed E-state index contributed by atoms with van der Waals surface area (Å²) in [5, 5.41) is 32.3. The second-order valence-corrected chi connectivity index (χ2v) is 6.30. The summed E-state index contributed by atoms with van der Waals surface area (Å²) in [5.41, 5.74) is 1.37. The zero-order valence-corrected chi connectivity index (χ0v) is 19.9. The SMILES string of the molecule is C.COC(=O)c1ccc(C(=O)OC)cc1.O=C(OCCO)c1ccc(C(=O)OCCO)cc1.OCCO.